The monoisotopic (exact) mass is 250 g/mol. The van der Waals surface area contributed by atoms with Gasteiger partial charge in [0.2, 0.25) is 0 Å². The van der Waals surface area contributed by atoms with E-state index in [-0.39, 0.29) is 5.82 Å². The molecule has 1 aliphatic rings. The third-order valence-corrected chi connectivity index (χ3v) is 3.42. The molecule has 0 amide bonds. The zero-order valence-electron chi connectivity index (χ0n) is 11.4. The molecule has 0 atom stereocenters. The van der Waals surface area contributed by atoms with E-state index < -0.39 is 0 Å². The molecule has 3 heteroatoms. The van der Waals surface area contributed by atoms with E-state index in [1.54, 1.807) is 12.1 Å². The first-order chi connectivity index (χ1) is 8.72. The Morgan fingerprint density at radius 1 is 1.39 bits per heavy atom. The van der Waals surface area contributed by atoms with E-state index in [4.69, 9.17) is 0 Å². The number of hydrogen-bond acceptors (Lipinski definition) is 2. The van der Waals surface area contributed by atoms with E-state index in [1.165, 1.54) is 12.8 Å². The number of nitrogens with one attached hydrogen (secondary N) is 1. The lowest BCUT2D eigenvalue weighted by Crippen LogP contribution is -2.24. The lowest BCUT2D eigenvalue weighted by molar-refractivity contribution is 0.610. The van der Waals surface area contributed by atoms with Crippen LogP contribution in [-0.4, -0.2) is 20.1 Å². The highest BCUT2D eigenvalue weighted by atomic mass is 19.1. The molecule has 100 valence electrons. The van der Waals surface area contributed by atoms with Crippen molar-refractivity contribution in [2.45, 2.75) is 32.7 Å². The smallest absolute Gasteiger partial charge is 0.146 e. The fourth-order valence-corrected chi connectivity index (χ4v) is 2.31. The predicted octanol–water partition coefficient (Wildman–Crippen LogP) is 3.17. The van der Waals surface area contributed by atoms with Crippen LogP contribution in [0.3, 0.4) is 0 Å². The molecule has 0 bridgehead atoms. The Kier molecular flexibility index (Phi) is 4.59. The Labute approximate surface area is 109 Å². The van der Waals surface area contributed by atoms with Crippen LogP contribution in [0.25, 0.3) is 0 Å². The fourth-order valence-electron chi connectivity index (χ4n) is 2.31. The van der Waals surface area contributed by atoms with Crippen molar-refractivity contribution < 1.29 is 4.39 Å². The van der Waals surface area contributed by atoms with Crippen LogP contribution < -0.4 is 10.2 Å². The number of nitrogens with zero attached hydrogens (tertiary/aromatic N) is 1. The van der Waals surface area contributed by atoms with Gasteiger partial charge in [0.25, 0.3) is 0 Å². The number of hydrogen-bond donors (Lipinski definition) is 1. The molecule has 1 aliphatic carbocycles. The summed E-state index contributed by atoms with van der Waals surface area (Å²) in [4.78, 5) is 2.08. The molecule has 0 unspecified atom stereocenters. The Morgan fingerprint density at radius 2 is 2.17 bits per heavy atom. The first-order valence-corrected chi connectivity index (χ1v) is 6.91. The quantitative estimate of drug-likeness (QED) is 0.748. The molecule has 0 spiro atoms. The molecule has 1 fully saturated rings. The van der Waals surface area contributed by atoms with Crippen molar-refractivity contribution in [3.63, 3.8) is 0 Å². The Balaban J connectivity index is 2.08. The maximum Gasteiger partial charge on any atom is 0.146 e. The molecule has 1 saturated carbocycles. The largest absolute Gasteiger partial charge is 0.372 e. The van der Waals surface area contributed by atoms with E-state index >= 15 is 0 Å². The normalized spacial score (nSPS) is 14.8. The predicted molar refractivity (Wildman–Crippen MR) is 74.4 cm³/mol. The van der Waals surface area contributed by atoms with Crippen LogP contribution >= 0.6 is 0 Å². The van der Waals surface area contributed by atoms with E-state index in [1.807, 2.05) is 13.1 Å². The second kappa shape index (κ2) is 6.19. The summed E-state index contributed by atoms with van der Waals surface area (Å²) in [5.74, 6) is 0.667. The van der Waals surface area contributed by atoms with Crippen molar-refractivity contribution in [1.29, 1.82) is 0 Å². The van der Waals surface area contributed by atoms with Gasteiger partial charge in [0.1, 0.15) is 5.82 Å². The second-order valence-corrected chi connectivity index (χ2v) is 5.25. The van der Waals surface area contributed by atoms with Gasteiger partial charge in [-0.15, -0.1) is 0 Å². The lowest BCUT2D eigenvalue weighted by Gasteiger charge is -2.23. The summed E-state index contributed by atoms with van der Waals surface area (Å²) < 4.78 is 14.0. The van der Waals surface area contributed by atoms with Gasteiger partial charge in [-0.1, -0.05) is 19.1 Å². The highest BCUT2D eigenvalue weighted by Crippen LogP contribution is 2.32. The fraction of sp³-hybridized carbons (Fsp3) is 0.600. The number of para-hydroxylation sites is 1. The van der Waals surface area contributed by atoms with Gasteiger partial charge in [0, 0.05) is 20.1 Å². The summed E-state index contributed by atoms with van der Waals surface area (Å²) in [6.45, 7) is 4.83. The molecule has 2 rings (SSSR count). The van der Waals surface area contributed by atoms with Gasteiger partial charge in [-0.05, 0) is 43.4 Å². The average molecular weight is 250 g/mol. The second-order valence-electron chi connectivity index (χ2n) is 5.25. The van der Waals surface area contributed by atoms with Crippen molar-refractivity contribution in [3.05, 3.63) is 29.6 Å². The van der Waals surface area contributed by atoms with E-state index in [0.29, 0.717) is 0 Å². The molecule has 1 aromatic carbocycles. The minimum absolute atomic E-state index is 0.103. The van der Waals surface area contributed by atoms with Crippen molar-refractivity contribution in [3.8, 4) is 0 Å². The Morgan fingerprint density at radius 3 is 2.83 bits per heavy atom. The third-order valence-electron chi connectivity index (χ3n) is 3.42. The van der Waals surface area contributed by atoms with E-state index in [2.05, 4.69) is 17.1 Å². The summed E-state index contributed by atoms with van der Waals surface area (Å²) in [7, 11) is 2.00. The standard InChI is InChI=1S/C15H23FN2/c1-3-9-17-10-13-5-4-6-14(16)15(13)18(2)11-12-7-8-12/h4-6,12,17H,3,7-11H2,1-2H3. The van der Waals surface area contributed by atoms with Crippen molar-refractivity contribution in [1.82, 2.24) is 5.32 Å². The Bertz CT molecular complexity index is 388. The molecule has 0 saturated heterocycles. The van der Waals surface area contributed by atoms with Gasteiger partial charge in [-0.2, -0.15) is 0 Å². The molecule has 0 heterocycles. The summed E-state index contributed by atoms with van der Waals surface area (Å²) in [6, 6.07) is 5.37. The van der Waals surface area contributed by atoms with Crippen LogP contribution in [-0.2, 0) is 6.54 Å². The Hall–Kier alpha value is -1.09. The molecule has 1 N–H and O–H groups in total. The van der Waals surface area contributed by atoms with Crippen molar-refractivity contribution in [2.24, 2.45) is 5.92 Å². The van der Waals surface area contributed by atoms with Gasteiger partial charge in [0.15, 0.2) is 0 Å². The minimum atomic E-state index is -0.103. The number of halogens is 1. The van der Waals surface area contributed by atoms with Crippen LogP contribution in [0.1, 0.15) is 31.7 Å². The van der Waals surface area contributed by atoms with Gasteiger partial charge < -0.3 is 10.2 Å². The first-order valence-electron chi connectivity index (χ1n) is 6.91. The molecule has 0 aliphatic heterocycles. The average Bonchev–Trinajstić information content (AvgIpc) is 3.13. The van der Waals surface area contributed by atoms with Crippen LogP contribution in [0.5, 0.6) is 0 Å². The van der Waals surface area contributed by atoms with Crippen molar-refractivity contribution >= 4 is 5.69 Å². The molecule has 2 nitrogen and oxygen atoms in total. The summed E-state index contributed by atoms with van der Waals surface area (Å²) in [5, 5.41) is 3.35. The van der Waals surface area contributed by atoms with E-state index in [9.17, 15) is 4.39 Å². The zero-order valence-corrected chi connectivity index (χ0v) is 11.4. The van der Waals surface area contributed by atoms with Gasteiger partial charge in [-0.25, -0.2) is 4.39 Å². The third kappa shape index (κ3) is 3.45. The topological polar surface area (TPSA) is 15.3 Å². The van der Waals surface area contributed by atoms with Crippen LogP contribution in [0.2, 0.25) is 0 Å². The molecule has 1 aromatic rings. The van der Waals surface area contributed by atoms with Gasteiger partial charge in [-0.3, -0.25) is 0 Å². The van der Waals surface area contributed by atoms with Crippen LogP contribution in [0.15, 0.2) is 18.2 Å². The SMILES string of the molecule is CCCNCc1cccc(F)c1N(C)CC1CC1. The number of rotatable bonds is 7. The minimum Gasteiger partial charge on any atom is -0.372 e. The summed E-state index contributed by atoms with van der Waals surface area (Å²) in [6.07, 6.45) is 3.69. The zero-order chi connectivity index (χ0) is 13.0. The summed E-state index contributed by atoms with van der Waals surface area (Å²) >= 11 is 0. The van der Waals surface area contributed by atoms with E-state index in [0.717, 1.165) is 43.2 Å². The van der Waals surface area contributed by atoms with Gasteiger partial charge in [0.05, 0.1) is 5.69 Å². The maximum absolute atomic E-state index is 14.0. The highest BCUT2D eigenvalue weighted by molar-refractivity contribution is 5.54. The number of anilines is 1. The van der Waals surface area contributed by atoms with Crippen LogP contribution in [0.4, 0.5) is 10.1 Å². The van der Waals surface area contributed by atoms with Gasteiger partial charge >= 0.3 is 0 Å². The van der Waals surface area contributed by atoms with Crippen molar-refractivity contribution in [2.75, 3.05) is 25.0 Å². The lowest BCUT2D eigenvalue weighted by atomic mass is 10.1. The molecular weight excluding hydrogens is 227 g/mol. The molecule has 18 heavy (non-hydrogen) atoms. The number of benzene rings is 1. The molecular formula is C15H23FN2. The molecule has 0 aromatic heterocycles. The van der Waals surface area contributed by atoms with Crippen LogP contribution in [0, 0.1) is 11.7 Å². The first kappa shape index (κ1) is 13.3. The summed E-state index contributed by atoms with van der Waals surface area (Å²) in [5.41, 5.74) is 1.83. The molecule has 0 radical (unpaired) electrons. The highest BCUT2D eigenvalue weighted by Gasteiger charge is 2.24. The maximum atomic E-state index is 14.0.